The van der Waals surface area contributed by atoms with E-state index in [9.17, 15) is 18.1 Å². The van der Waals surface area contributed by atoms with Crippen molar-refractivity contribution in [3.8, 4) is 0 Å². The van der Waals surface area contributed by atoms with Crippen molar-refractivity contribution < 1.29 is 47.6 Å². The molecule has 0 aromatic carbocycles. The van der Waals surface area contributed by atoms with Crippen LogP contribution in [0.4, 0.5) is 0 Å². The van der Waals surface area contributed by atoms with Crippen molar-refractivity contribution in [2.45, 2.75) is 122 Å². The average molecular weight is 387 g/mol. The van der Waals surface area contributed by atoms with Crippen molar-refractivity contribution in [2.24, 2.45) is 0 Å². The van der Waals surface area contributed by atoms with Gasteiger partial charge in [-0.15, -0.1) is 0 Å². The molecule has 0 spiro atoms. The van der Waals surface area contributed by atoms with Gasteiger partial charge in [0.1, 0.15) is 0 Å². The van der Waals surface area contributed by atoms with E-state index >= 15 is 0 Å². The summed E-state index contributed by atoms with van der Waals surface area (Å²) in [6.45, 7) is 4.12. The summed E-state index contributed by atoms with van der Waals surface area (Å²) in [6.07, 6.45) is 14.5. The second-order valence-corrected chi connectivity index (χ2v) is 8.76. The van der Waals surface area contributed by atoms with Crippen molar-refractivity contribution in [2.75, 3.05) is 0 Å². The van der Waals surface area contributed by atoms with Gasteiger partial charge in [0, 0.05) is 5.25 Å². The summed E-state index contributed by atoms with van der Waals surface area (Å²) in [7, 11) is -4.17. The molecule has 0 heterocycles. The molecule has 0 amide bonds. The second-order valence-electron chi connectivity index (χ2n) is 7.11. The van der Waals surface area contributed by atoms with Crippen LogP contribution in [-0.2, 0) is 10.1 Å². The average Bonchev–Trinajstić information content (AvgIpc) is 2.52. The topological polar surface area (TPSA) is 77.4 Å². The van der Waals surface area contributed by atoms with Gasteiger partial charge in [0.15, 0.2) is 0 Å². The Kier molecular flexibility index (Phi) is 20.5. The minimum absolute atomic E-state index is 0. The van der Waals surface area contributed by atoms with Crippen LogP contribution in [0.25, 0.3) is 0 Å². The first kappa shape index (κ1) is 28.1. The van der Waals surface area contributed by atoms with Crippen LogP contribution in [0, 0.1) is 0 Å². The molecule has 2 atom stereocenters. The van der Waals surface area contributed by atoms with Crippen LogP contribution in [0.2, 0.25) is 0 Å². The molecule has 4 nitrogen and oxygen atoms in total. The largest absolute Gasteiger partial charge is 1.00 e. The van der Waals surface area contributed by atoms with E-state index in [0.29, 0.717) is 32.1 Å². The van der Waals surface area contributed by atoms with E-state index in [2.05, 4.69) is 6.92 Å². The maximum atomic E-state index is 11.1. The van der Waals surface area contributed by atoms with Gasteiger partial charge in [-0.2, -0.15) is 0 Å². The molecule has 0 aromatic heterocycles. The van der Waals surface area contributed by atoms with Crippen LogP contribution < -0.4 is 29.6 Å². The Labute approximate surface area is 178 Å². The molecule has 0 aliphatic rings. The van der Waals surface area contributed by atoms with Crippen LogP contribution in [0.3, 0.4) is 0 Å². The minimum atomic E-state index is -4.17. The van der Waals surface area contributed by atoms with E-state index in [-0.39, 0.29) is 35.7 Å². The summed E-state index contributed by atoms with van der Waals surface area (Å²) in [5, 5.41) is 9.23. The Morgan fingerprint density at radius 3 is 1.64 bits per heavy atom. The van der Waals surface area contributed by atoms with Gasteiger partial charge in [-0.1, -0.05) is 84.5 Å². The molecule has 25 heavy (non-hydrogen) atoms. The van der Waals surface area contributed by atoms with Crippen LogP contribution >= 0.6 is 0 Å². The Bertz CT molecular complexity index is 374. The smallest absolute Gasteiger partial charge is 0.748 e. The van der Waals surface area contributed by atoms with E-state index in [1.807, 2.05) is 6.92 Å². The summed E-state index contributed by atoms with van der Waals surface area (Å²) < 4.78 is 33.4. The summed E-state index contributed by atoms with van der Waals surface area (Å²) in [4.78, 5) is 0. The number of hydrogen-bond donors (Lipinski definition) is 1. The van der Waals surface area contributed by atoms with Crippen LogP contribution in [-0.4, -0.2) is 29.4 Å². The summed E-state index contributed by atoms with van der Waals surface area (Å²) in [6, 6.07) is 0. The fraction of sp³-hybridized carbons (Fsp3) is 1.00. The molecule has 0 radical (unpaired) electrons. The van der Waals surface area contributed by atoms with Gasteiger partial charge in [-0.05, 0) is 25.7 Å². The van der Waals surface area contributed by atoms with Gasteiger partial charge in [0.25, 0.3) is 0 Å². The molecule has 1 N–H and O–H groups in total. The van der Waals surface area contributed by atoms with Crippen molar-refractivity contribution in [3.05, 3.63) is 0 Å². The standard InChI is InChI=1S/C19H40O4S.Na/c1-3-5-6-7-8-9-10-11-15-18(20)16-12-13-17-19(14-4-2)24(21,22)23;/h18-20H,3-17H2,1-2H3,(H,21,22,23);/q;+1/p-1. The van der Waals surface area contributed by atoms with Crippen molar-refractivity contribution >= 4 is 10.1 Å². The number of unbranched alkanes of at least 4 members (excludes halogenated alkanes) is 8. The zero-order chi connectivity index (χ0) is 18.3. The van der Waals surface area contributed by atoms with Gasteiger partial charge in [-0.3, -0.25) is 0 Å². The maximum absolute atomic E-state index is 11.1. The molecule has 0 aliphatic heterocycles. The third-order valence-corrected chi connectivity index (χ3v) is 6.01. The first-order valence-electron chi connectivity index (χ1n) is 10.0. The maximum Gasteiger partial charge on any atom is 1.00 e. The molecule has 0 aromatic rings. The van der Waals surface area contributed by atoms with Crippen LogP contribution in [0.5, 0.6) is 0 Å². The minimum Gasteiger partial charge on any atom is -0.748 e. The number of hydrogen-bond acceptors (Lipinski definition) is 4. The molecule has 0 bridgehead atoms. The second kappa shape index (κ2) is 18.2. The Hall–Kier alpha value is 0.870. The third kappa shape index (κ3) is 18.0. The Balaban J connectivity index is 0. The summed E-state index contributed by atoms with van der Waals surface area (Å²) >= 11 is 0. The molecule has 0 saturated heterocycles. The van der Waals surface area contributed by atoms with E-state index in [4.69, 9.17) is 0 Å². The predicted molar refractivity (Wildman–Crippen MR) is 100 cm³/mol. The summed E-state index contributed by atoms with van der Waals surface area (Å²) in [5.41, 5.74) is 0. The van der Waals surface area contributed by atoms with Crippen molar-refractivity contribution in [1.82, 2.24) is 0 Å². The van der Waals surface area contributed by atoms with Crippen LogP contribution in [0.1, 0.15) is 110 Å². The Morgan fingerprint density at radius 1 is 0.720 bits per heavy atom. The van der Waals surface area contributed by atoms with Gasteiger partial charge < -0.3 is 9.66 Å². The van der Waals surface area contributed by atoms with E-state index in [1.165, 1.54) is 44.9 Å². The van der Waals surface area contributed by atoms with E-state index in [0.717, 1.165) is 19.3 Å². The van der Waals surface area contributed by atoms with E-state index < -0.39 is 15.4 Å². The first-order valence-corrected chi connectivity index (χ1v) is 11.5. The molecule has 146 valence electrons. The molecule has 0 fully saturated rings. The van der Waals surface area contributed by atoms with Gasteiger partial charge in [-0.25, -0.2) is 8.42 Å². The SMILES string of the molecule is CCCCCCCCCCC(O)CCCCC(CCC)S(=O)(=O)[O-].[Na+]. The Morgan fingerprint density at radius 2 is 1.16 bits per heavy atom. The number of rotatable bonds is 17. The zero-order valence-corrected chi connectivity index (χ0v) is 19.7. The van der Waals surface area contributed by atoms with Gasteiger partial charge in [0.05, 0.1) is 16.2 Å². The first-order chi connectivity index (χ1) is 11.4. The number of aliphatic hydroxyl groups is 1. The predicted octanol–water partition coefficient (Wildman–Crippen LogP) is 2.16. The quantitative estimate of drug-likeness (QED) is 0.236. The van der Waals surface area contributed by atoms with Gasteiger partial charge >= 0.3 is 29.6 Å². The normalized spacial score (nSPS) is 14.1. The van der Waals surface area contributed by atoms with Gasteiger partial charge in [0.2, 0.25) is 0 Å². The molecule has 0 rings (SSSR count). The fourth-order valence-corrected chi connectivity index (χ4v) is 4.14. The molecule has 0 saturated carbocycles. The van der Waals surface area contributed by atoms with Crippen LogP contribution in [0.15, 0.2) is 0 Å². The molecule has 6 heteroatoms. The monoisotopic (exact) mass is 386 g/mol. The zero-order valence-electron chi connectivity index (χ0n) is 16.8. The summed E-state index contributed by atoms with van der Waals surface area (Å²) in [5.74, 6) is 0. The molecular weight excluding hydrogens is 347 g/mol. The third-order valence-electron chi connectivity index (χ3n) is 4.72. The number of aliphatic hydroxyl groups excluding tert-OH is 1. The van der Waals surface area contributed by atoms with Crippen molar-refractivity contribution in [3.63, 3.8) is 0 Å². The molecule has 0 aliphatic carbocycles. The fourth-order valence-electron chi connectivity index (χ4n) is 3.17. The molecule has 2 unspecified atom stereocenters. The van der Waals surface area contributed by atoms with Crippen molar-refractivity contribution in [1.29, 1.82) is 0 Å². The molecular formula is C19H39NaO4S. The van der Waals surface area contributed by atoms with E-state index in [1.54, 1.807) is 0 Å².